The minimum Gasteiger partial charge on any atom is -0.461 e. The number of nitrogens with zero attached hydrogens (tertiary/aromatic N) is 2. The van der Waals surface area contributed by atoms with Crippen LogP contribution in [0.4, 0.5) is 0 Å². The zero-order valence-electron chi connectivity index (χ0n) is 28.3. The predicted octanol–water partition coefficient (Wildman–Crippen LogP) is 6.15. The van der Waals surface area contributed by atoms with Crippen molar-refractivity contribution >= 4 is 11.9 Å². The van der Waals surface area contributed by atoms with E-state index in [1.165, 1.54) is 58.0 Å². The normalized spacial score (nSPS) is 43.6. The summed E-state index contributed by atoms with van der Waals surface area (Å²) in [5.41, 5.74) is 0.260. The molecular formula is C37H61N2O5+. The van der Waals surface area contributed by atoms with Crippen LogP contribution in [0, 0.1) is 34.5 Å². The number of hydrogen-bond acceptors (Lipinski definition) is 6. The molecule has 0 N–H and O–H groups in total. The van der Waals surface area contributed by atoms with Gasteiger partial charge >= 0.3 is 11.9 Å². The van der Waals surface area contributed by atoms with Gasteiger partial charge in [-0.05, 0) is 93.0 Å². The standard InChI is InChI=1S/C37H61N2O5/c1-6-18-39(19-10-9-11-20-39)31-24-29-27-13-12-26-23-32(43-33(40)7-2)30(38-16-21-42-22-17-38)25-37(26,5)28(27)14-15-36(29,4)35(31)44-34(41)8-3/h6,26-32,35H,1,7-25H2,2-5H3/q+1/t26-,27+,28-,29-,30-,31-,32-,35-,36-,37-/m0/s1. The second-order valence-electron chi connectivity index (χ2n) is 16.0. The Morgan fingerprint density at radius 1 is 0.932 bits per heavy atom. The van der Waals surface area contributed by atoms with E-state index in [4.69, 9.17) is 14.2 Å². The Morgan fingerprint density at radius 3 is 2.32 bits per heavy atom. The number of hydrogen-bond donors (Lipinski definition) is 0. The third kappa shape index (κ3) is 5.59. The zero-order valence-corrected chi connectivity index (χ0v) is 28.3. The van der Waals surface area contributed by atoms with Gasteiger partial charge in [0, 0.05) is 43.8 Å². The first-order chi connectivity index (χ1) is 21.2. The lowest BCUT2D eigenvalue weighted by Crippen LogP contribution is -2.63. The third-order valence-electron chi connectivity index (χ3n) is 14.1. The van der Waals surface area contributed by atoms with Gasteiger partial charge in [0.15, 0.2) is 6.10 Å². The van der Waals surface area contributed by atoms with E-state index < -0.39 is 0 Å². The fourth-order valence-corrected chi connectivity index (χ4v) is 11.9. The van der Waals surface area contributed by atoms with Gasteiger partial charge in [-0.25, -0.2) is 0 Å². The number of carbonyl (C=O) groups excluding carboxylic acids is 2. The summed E-state index contributed by atoms with van der Waals surface area (Å²) in [6.45, 7) is 19.9. The van der Waals surface area contributed by atoms with E-state index in [0.717, 1.165) is 56.6 Å². The molecule has 7 nitrogen and oxygen atoms in total. The molecule has 6 fully saturated rings. The summed E-state index contributed by atoms with van der Waals surface area (Å²) >= 11 is 0. The number of piperidine rings is 1. The summed E-state index contributed by atoms with van der Waals surface area (Å²) in [5, 5.41) is 0. The molecule has 0 amide bonds. The van der Waals surface area contributed by atoms with E-state index in [0.29, 0.717) is 42.6 Å². The first-order valence-corrected chi connectivity index (χ1v) is 18.4. The maximum atomic E-state index is 13.0. The predicted molar refractivity (Wildman–Crippen MR) is 172 cm³/mol. The van der Waals surface area contributed by atoms with Gasteiger partial charge in [-0.15, -0.1) is 0 Å². The maximum absolute atomic E-state index is 13.0. The fourth-order valence-electron chi connectivity index (χ4n) is 11.9. The largest absolute Gasteiger partial charge is 0.461 e. The van der Waals surface area contributed by atoms with Crippen LogP contribution in [0.25, 0.3) is 0 Å². The van der Waals surface area contributed by atoms with Crippen LogP contribution in [0.1, 0.15) is 105 Å². The molecule has 248 valence electrons. The van der Waals surface area contributed by atoms with Crippen LogP contribution in [-0.4, -0.2) is 91.6 Å². The second kappa shape index (κ2) is 13.0. The molecule has 6 rings (SSSR count). The average molecular weight is 614 g/mol. The van der Waals surface area contributed by atoms with Crippen LogP contribution < -0.4 is 0 Å². The molecule has 7 heteroatoms. The number of quaternary nitrogens is 1. The molecule has 2 aliphatic heterocycles. The van der Waals surface area contributed by atoms with E-state index in [1.807, 2.05) is 13.8 Å². The zero-order chi connectivity index (χ0) is 31.1. The fraction of sp³-hybridized carbons (Fsp3) is 0.892. The van der Waals surface area contributed by atoms with Crippen LogP contribution in [0.2, 0.25) is 0 Å². The lowest BCUT2D eigenvalue weighted by molar-refractivity contribution is -0.952. The summed E-state index contributed by atoms with van der Waals surface area (Å²) in [7, 11) is 0. The molecule has 2 saturated heterocycles. The third-order valence-corrected chi connectivity index (χ3v) is 14.1. The first kappa shape index (κ1) is 32.5. The quantitative estimate of drug-likeness (QED) is 0.186. The summed E-state index contributed by atoms with van der Waals surface area (Å²) in [6.07, 6.45) is 15.0. The molecule has 0 spiro atoms. The van der Waals surface area contributed by atoms with Crippen LogP contribution in [-0.2, 0) is 23.8 Å². The van der Waals surface area contributed by atoms with Gasteiger partial charge in [0.1, 0.15) is 12.1 Å². The highest BCUT2D eigenvalue weighted by Crippen LogP contribution is 2.68. The van der Waals surface area contributed by atoms with Crippen molar-refractivity contribution in [2.75, 3.05) is 45.9 Å². The Kier molecular flexibility index (Phi) is 9.59. The Bertz CT molecular complexity index is 1050. The minimum absolute atomic E-state index is 0.00484. The van der Waals surface area contributed by atoms with Gasteiger partial charge in [0.2, 0.25) is 0 Å². The molecule has 6 aliphatic rings. The van der Waals surface area contributed by atoms with Crippen LogP contribution in [0.5, 0.6) is 0 Å². The van der Waals surface area contributed by atoms with Crippen molar-refractivity contribution in [1.29, 1.82) is 0 Å². The molecule has 2 heterocycles. The Morgan fingerprint density at radius 2 is 1.64 bits per heavy atom. The topological polar surface area (TPSA) is 65.1 Å². The first-order valence-electron chi connectivity index (χ1n) is 18.4. The van der Waals surface area contributed by atoms with Gasteiger partial charge in [-0.2, -0.15) is 0 Å². The molecule has 0 aromatic heterocycles. The van der Waals surface area contributed by atoms with Crippen molar-refractivity contribution < 1.29 is 28.3 Å². The number of carbonyl (C=O) groups is 2. The number of ether oxygens (including phenoxy) is 3. The number of rotatable bonds is 8. The summed E-state index contributed by atoms with van der Waals surface area (Å²) in [4.78, 5) is 28.2. The van der Waals surface area contributed by atoms with Crippen LogP contribution in [0.3, 0.4) is 0 Å². The van der Waals surface area contributed by atoms with Crippen LogP contribution >= 0.6 is 0 Å². The molecule has 44 heavy (non-hydrogen) atoms. The summed E-state index contributed by atoms with van der Waals surface area (Å²) in [6, 6.07) is 0.639. The van der Waals surface area contributed by atoms with Gasteiger partial charge in [0.05, 0.1) is 32.8 Å². The molecule has 0 aromatic rings. The van der Waals surface area contributed by atoms with Crippen molar-refractivity contribution in [2.45, 2.75) is 129 Å². The summed E-state index contributed by atoms with van der Waals surface area (Å²) in [5.74, 6) is 2.42. The minimum atomic E-state index is -0.0575. The van der Waals surface area contributed by atoms with E-state index in [-0.39, 0.29) is 41.0 Å². The smallest absolute Gasteiger partial charge is 0.306 e. The number of fused-ring (bicyclic) bond motifs is 5. The van der Waals surface area contributed by atoms with Crippen molar-refractivity contribution in [3.63, 3.8) is 0 Å². The molecule has 0 aromatic carbocycles. The van der Waals surface area contributed by atoms with E-state index in [1.54, 1.807) is 0 Å². The summed E-state index contributed by atoms with van der Waals surface area (Å²) < 4.78 is 19.6. The average Bonchev–Trinajstić information content (AvgIpc) is 3.34. The molecule has 4 saturated carbocycles. The molecule has 4 aliphatic carbocycles. The van der Waals surface area contributed by atoms with Crippen molar-refractivity contribution in [1.82, 2.24) is 4.90 Å². The molecule has 0 unspecified atom stereocenters. The van der Waals surface area contributed by atoms with Crippen LogP contribution in [0.15, 0.2) is 12.7 Å². The molecule has 0 bridgehead atoms. The van der Waals surface area contributed by atoms with Gasteiger partial charge in [-0.3, -0.25) is 14.5 Å². The maximum Gasteiger partial charge on any atom is 0.306 e. The second-order valence-corrected chi connectivity index (χ2v) is 16.0. The lowest BCUT2D eigenvalue weighted by atomic mass is 9.44. The Labute approximate surface area is 267 Å². The number of likely N-dealkylation sites (tertiary alicyclic amines) is 1. The lowest BCUT2D eigenvalue weighted by Gasteiger charge is -2.62. The SMILES string of the molecule is C=CC[N+]1([C@H]2C[C@H]3[C@@H]4CC[C@H]5C[C@H](OC(=O)CC)[C@@H](N6CCOCC6)C[C@]5(C)[C@H]4CC[C@]3(C)[C@H]2OC(=O)CC)CCCCC1. The number of esters is 2. The van der Waals surface area contributed by atoms with E-state index >= 15 is 0 Å². The van der Waals surface area contributed by atoms with Crippen molar-refractivity contribution in [3.8, 4) is 0 Å². The Balaban J connectivity index is 1.30. The highest BCUT2D eigenvalue weighted by atomic mass is 16.6. The van der Waals surface area contributed by atoms with Gasteiger partial charge < -0.3 is 18.7 Å². The van der Waals surface area contributed by atoms with Crippen molar-refractivity contribution in [2.24, 2.45) is 34.5 Å². The molecule has 0 radical (unpaired) electrons. The van der Waals surface area contributed by atoms with E-state index in [9.17, 15) is 9.59 Å². The highest BCUT2D eigenvalue weighted by molar-refractivity contribution is 5.69. The highest BCUT2D eigenvalue weighted by Gasteiger charge is 2.67. The van der Waals surface area contributed by atoms with Gasteiger partial charge in [-0.1, -0.05) is 34.3 Å². The van der Waals surface area contributed by atoms with E-state index in [2.05, 4.69) is 31.4 Å². The van der Waals surface area contributed by atoms with Gasteiger partial charge in [0.25, 0.3) is 0 Å². The van der Waals surface area contributed by atoms with Crippen molar-refractivity contribution in [3.05, 3.63) is 12.7 Å². The molecular weight excluding hydrogens is 552 g/mol. The number of morpholine rings is 1. The monoisotopic (exact) mass is 613 g/mol. The Hall–Kier alpha value is -1.44. The molecule has 10 atom stereocenters.